The molecular weight excluding hydrogens is 320 g/mol. The van der Waals surface area contributed by atoms with Crippen molar-refractivity contribution in [3.63, 3.8) is 0 Å². The molecule has 1 fully saturated rings. The van der Waals surface area contributed by atoms with Crippen molar-refractivity contribution in [2.45, 2.75) is 38.6 Å². The second kappa shape index (κ2) is 6.89. The second-order valence-electron chi connectivity index (χ2n) is 6.61. The number of aryl methyl sites for hydroxylation is 2. The predicted molar refractivity (Wildman–Crippen MR) is 95.2 cm³/mol. The van der Waals surface area contributed by atoms with Crippen LogP contribution in [0.1, 0.15) is 35.4 Å². The average molecular weight is 342 g/mol. The Bertz CT molecular complexity index is 716. The number of carbonyl (C=O) groups is 1. The van der Waals surface area contributed by atoms with Crippen molar-refractivity contribution >= 4 is 23.1 Å². The summed E-state index contributed by atoms with van der Waals surface area (Å²) in [6.45, 7) is 2.33. The summed E-state index contributed by atoms with van der Waals surface area (Å²) in [6.07, 6.45) is 5.31. The van der Waals surface area contributed by atoms with Gasteiger partial charge >= 0.3 is 0 Å². The average Bonchev–Trinajstić information content (AvgIpc) is 3.30. The Morgan fingerprint density at radius 2 is 2.29 bits per heavy atom. The van der Waals surface area contributed by atoms with E-state index in [0.29, 0.717) is 6.54 Å². The van der Waals surface area contributed by atoms with Gasteiger partial charge in [0.2, 0.25) is 5.91 Å². The summed E-state index contributed by atoms with van der Waals surface area (Å²) in [4.78, 5) is 15.9. The largest absolute Gasteiger partial charge is 0.354 e. The van der Waals surface area contributed by atoms with Gasteiger partial charge in [-0.3, -0.25) is 4.79 Å². The Balaban J connectivity index is 1.39. The minimum atomic E-state index is 0.0359. The Hall–Kier alpha value is -1.95. The minimum absolute atomic E-state index is 0.0359. The highest BCUT2D eigenvalue weighted by molar-refractivity contribution is 7.09. The number of fused-ring (bicyclic) bond motifs is 1. The van der Waals surface area contributed by atoms with Gasteiger partial charge in [0.1, 0.15) is 0 Å². The SMILES string of the molecule is O=C(NCc1cccs1)[C@H]1CCCN(c2cc3c(nn2)CCC3)C1. The van der Waals surface area contributed by atoms with E-state index in [2.05, 4.69) is 32.5 Å². The van der Waals surface area contributed by atoms with Crippen molar-refractivity contribution in [3.8, 4) is 0 Å². The molecular formula is C18H22N4OS. The quantitative estimate of drug-likeness (QED) is 0.928. The lowest BCUT2D eigenvalue weighted by atomic mass is 9.97. The molecule has 0 radical (unpaired) electrons. The van der Waals surface area contributed by atoms with E-state index >= 15 is 0 Å². The number of hydrogen-bond donors (Lipinski definition) is 1. The molecule has 1 saturated heterocycles. The van der Waals surface area contributed by atoms with E-state index in [9.17, 15) is 4.79 Å². The monoisotopic (exact) mass is 342 g/mol. The van der Waals surface area contributed by atoms with Crippen molar-refractivity contribution in [1.82, 2.24) is 15.5 Å². The minimum Gasteiger partial charge on any atom is -0.354 e. The van der Waals surface area contributed by atoms with Crippen LogP contribution in [0.2, 0.25) is 0 Å². The molecule has 126 valence electrons. The summed E-state index contributed by atoms with van der Waals surface area (Å²) in [5.74, 6) is 1.13. The molecule has 6 heteroatoms. The fourth-order valence-electron chi connectivity index (χ4n) is 3.60. The number of hydrogen-bond acceptors (Lipinski definition) is 5. The van der Waals surface area contributed by atoms with E-state index in [-0.39, 0.29) is 11.8 Å². The zero-order chi connectivity index (χ0) is 16.4. The number of amides is 1. The maximum absolute atomic E-state index is 12.5. The van der Waals surface area contributed by atoms with Crippen LogP contribution in [0, 0.1) is 5.92 Å². The summed E-state index contributed by atoms with van der Waals surface area (Å²) in [6, 6.07) is 6.25. The molecule has 2 aliphatic rings. The predicted octanol–water partition coefficient (Wildman–Crippen LogP) is 2.56. The maximum atomic E-state index is 12.5. The molecule has 1 amide bonds. The van der Waals surface area contributed by atoms with Gasteiger partial charge in [0.15, 0.2) is 5.82 Å². The third kappa shape index (κ3) is 3.29. The molecule has 0 saturated carbocycles. The van der Waals surface area contributed by atoms with Gasteiger partial charge in [0, 0.05) is 18.0 Å². The van der Waals surface area contributed by atoms with Crippen molar-refractivity contribution in [3.05, 3.63) is 39.7 Å². The highest BCUT2D eigenvalue weighted by atomic mass is 32.1. The van der Waals surface area contributed by atoms with Crippen LogP contribution in [0.3, 0.4) is 0 Å². The molecule has 2 aromatic rings. The summed E-state index contributed by atoms with van der Waals surface area (Å²) >= 11 is 1.68. The van der Waals surface area contributed by atoms with Crippen LogP contribution in [-0.4, -0.2) is 29.2 Å². The zero-order valence-corrected chi connectivity index (χ0v) is 14.5. The molecule has 3 heterocycles. The van der Waals surface area contributed by atoms with E-state index in [4.69, 9.17) is 0 Å². The number of nitrogens with zero attached hydrogens (tertiary/aromatic N) is 3. The van der Waals surface area contributed by atoms with Gasteiger partial charge in [0.05, 0.1) is 18.2 Å². The van der Waals surface area contributed by atoms with Crippen LogP contribution in [-0.2, 0) is 24.2 Å². The Morgan fingerprint density at radius 1 is 1.33 bits per heavy atom. The van der Waals surface area contributed by atoms with Gasteiger partial charge in [0.25, 0.3) is 0 Å². The van der Waals surface area contributed by atoms with Gasteiger partial charge in [-0.1, -0.05) is 6.07 Å². The zero-order valence-electron chi connectivity index (χ0n) is 13.7. The molecule has 1 N–H and O–H groups in total. The number of rotatable bonds is 4. The first-order chi connectivity index (χ1) is 11.8. The summed E-state index contributed by atoms with van der Waals surface area (Å²) in [5, 5.41) is 13.9. The van der Waals surface area contributed by atoms with Crippen molar-refractivity contribution in [2.24, 2.45) is 5.92 Å². The Kier molecular flexibility index (Phi) is 4.47. The van der Waals surface area contributed by atoms with Gasteiger partial charge in [-0.2, -0.15) is 5.10 Å². The van der Waals surface area contributed by atoms with Crippen LogP contribution in [0.5, 0.6) is 0 Å². The topological polar surface area (TPSA) is 58.1 Å². The number of aromatic nitrogens is 2. The lowest BCUT2D eigenvalue weighted by molar-refractivity contribution is -0.125. The van der Waals surface area contributed by atoms with Gasteiger partial charge < -0.3 is 10.2 Å². The summed E-state index contributed by atoms with van der Waals surface area (Å²) < 4.78 is 0. The first-order valence-corrected chi connectivity index (χ1v) is 9.58. The standard InChI is InChI=1S/C18H22N4OS/c23-18(19-11-15-6-3-9-24-15)14-5-2-8-22(12-14)17-10-13-4-1-7-16(13)20-21-17/h3,6,9-10,14H,1-2,4-5,7-8,11-12H2,(H,19,23)/t14-/m0/s1. The first-order valence-electron chi connectivity index (χ1n) is 8.70. The van der Waals surface area contributed by atoms with Crippen LogP contribution in [0.15, 0.2) is 23.6 Å². The normalized spacial score (nSPS) is 20.0. The van der Waals surface area contributed by atoms with Crippen molar-refractivity contribution in [1.29, 1.82) is 0 Å². The fraction of sp³-hybridized carbons (Fsp3) is 0.500. The Morgan fingerprint density at radius 3 is 3.17 bits per heavy atom. The van der Waals surface area contributed by atoms with Crippen LogP contribution < -0.4 is 10.2 Å². The number of nitrogens with one attached hydrogen (secondary N) is 1. The summed E-state index contributed by atoms with van der Waals surface area (Å²) in [7, 11) is 0. The maximum Gasteiger partial charge on any atom is 0.225 e. The Labute approximate surface area is 146 Å². The fourth-order valence-corrected chi connectivity index (χ4v) is 4.25. The molecule has 0 aromatic carbocycles. The number of carbonyl (C=O) groups excluding carboxylic acids is 1. The molecule has 1 atom stereocenters. The molecule has 24 heavy (non-hydrogen) atoms. The molecule has 0 spiro atoms. The lowest BCUT2D eigenvalue weighted by Crippen LogP contribution is -2.43. The lowest BCUT2D eigenvalue weighted by Gasteiger charge is -2.32. The van der Waals surface area contributed by atoms with Crippen LogP contribution >= 0.6 is 11.3 Å². The molecule has 2 aromatic heterocycles. The van der Waals surface area contributed by atoms with E-state index in [1.54, 1.807) is 11.3 Å². The van der Waals surface area contributed by atoms with Crippen LogP contribution in [0.25, 0.3) is 0 Å². The third-order valence-electron chi connectivity index (χ3n) is 4.94. The van der Waals surface area contributed by atoms with E-state index in [1.165, 1.54) is 16.9 Å². The van der Waals surface area contributed by atoms with Crippen LogP contribution in [0.4, 0.5) is 5.82 Å². The molecule has 4 rings (SSSR count). The molecule has 1 aliphatic heterocycles. The molecule has 0 unspecified atom stereocenters. The summed E-state index contributed by atoms with van der Waals surface area (Å²) in [5.41, 5.74) is 2.49. The number of piperidine rings is 1. The van der Waals surface area contributed by atoms with Crippen molar-refractivity contribution in [2.75, 3.05) is 18.0 Å². The number of anilines is 1. The second-order valence-corrected chi connectivity index (χ2v) is 7.64. The molecule has 0 bridgehead atoms. The number of thiophene rings is 1. The smallest absolute Gasteiger partial charge is 0.225 e. The molecule has 5 nitrogen and oxygen atoms in total. The first kappa shape index (κ1) is 15.6. The van der Waals surface area contributed by atoms with Gasteiger partial charge in [-0.15, -0.1) is 16.4 Å². The van der Waals surface area contributed by atoms with E-state index in [0.717, 1.165) is 50.3 Å². The highest BCUT2D eigenvalue weighted by Crippen LogP contribution is 2.26. The van der Waals surface area contributed by atoms with E-state index < -0.39 is 0 Å². The van der Waals surface area contributed by atoms with Gasteiger partial charge in [-0.25, -0.2) is 0 Å². The van der Waals surface area contributed by atoms with E-state index in [1.807, 2.05) is 11.4 Å². The van der Waals surface area contributed by atoms with Crippen molar-refractivity contribution < 1.29 is 4.79 Å². The molecule has 1 aliphatic carbocycles. The van der Waals surface area contributed by atoms with Gasteiger partial charge in [-0.05, 0) is 55.2 Å². The highest BCUT2D eigenvalue weighted by Gasteiger charge is 2.27. The third-order valence-corrected chi connectivity index (χ3v) is 5.82.